The Morgan fingerprint density at radius 1 is 1.26 bits per heavy atom. The summed E-state index contributed by atoms with van der Waals surface area (Å²) in [5, 5.41) is 5.46. The van der Waals surface area contributed by atoms with Crippen LogP contribution in [-0.2, 0) is 28.7 Å². The Morgan fingerprint density at radius 2 is 1.98 bits per heavy atom. The first-order valence-corrected chi connectivity index (χ1v) is 14.7. The van der Waals surface area contributed by atoms with Crippen molar-refractivity contribution in [2.75, 3.05) is 32.1 Å². The molecule has 5 amide bonds. The molecule has 12 nitrogen and oxygen atoms in total. The van der Waals surface area contributed by atoms with Crippen molar-refractivity contribution in [3.8, 4) is 5.75 Å². The molecule has 43 heavy (non-hydrogen) atoms. The summed E-state index contributed by atoms with van der Waals surface area (Å²) in [6.07, 6.45) is -0.831. The Bertz CT molecular complexity index is 1330. The van der Waals surface area contributed by atoms with E-state index in [2.05, 4.69) is 10.6 Å². The summed E-state index contributed by atoms with van der Waals surface area (Å²) in [7, 11) is 1.43. The van der Waals surface area contributed by atoms with Gasteiger partial charge in [0.25, 0.3) is 5.91 Å². The van der Waals surface area contributed by atoms with Crippen molar-refractivity contribution in [2.24, 2.45) is 34.8 Å². The molecule has 5 unspecified atom stereocenters. The number of rotatable bonds is 9. The van der Waals surface area contributed by atoms with Crippen LogP contribution in [0.3, 0.4) is 0 Å². The summed E-state index contributed by atoms with van der Waals surface area (Å²) in [5.41, 5.74) is 5.70. The van der Waals surface area contributed by atoms with Crippen LogP contribution in [0, 0.1) is 34.9 Å². The fourth-order valence-electron chi connectivity index (χ4n) is 6.81. The molecular weight excluding hydrogens is 561 g/mol. The number of halogens is 1. The number of primary amides is 1. The molecule has 2 saturated heterocycles. The van der Waals surface area contributed by atoms with Crippen LogP contribution in [0.1, 0.15) is 40.5 Å². The smallest absolute Gasteiger partial charge is 0.265 e. The number of benzene rings is 1. The lowest BCUT2D eigenvalue weighted by Crippen LogP contribution is -2.60. The Kier molecular flexibility index (Phi) is 8.14. The molecule has 5 rings (SSSR count). The molecule has 234 valence electrons. The van der Waals surface area contributed by atoms with Crippen molar-refractivity contribution in [3.05, 3.63) is 24.0 Å². The third-order valence-corrected chi connectivity index (χ3v) is 9.62. The summed E-state index contributed by atoms with van der Waals surface area (Å²) in [5.74, 6) is -3.50. The van der Waals surface area contributed by atoms with Gasteiger partial charge in [-0.05, 0) is 41.7 Å². The first-order chi connectivity index (χ1) is 20.2. The highest BCUT2D eigenvalue weighted by atomic mass is 19.1. The van der Waals surface area contributed by atoms with E-state index in [0.29, 0.717) is 26.2 Å². The van der Waals surface area contributed by atoms with Gasteiger partial charge in [-0.25, -0.2) is 4.39 Å². The van der Waals surface area contributed by atoms with Gasteiger partial charge in [-0.3, -0.25) is 24.0 Å². The Hall–Kier alpha value is -3.74. The number of nitrogens with two attached hydrogens (primary N) is 1. The number of ether oxygens (including phenoxy) is 2. The monoisotopic (exact) mass is 601 g/mol. The van der Waals surface area contributed by atoms with Crippen molar-refractivity contribution in [1.82, 2.24) is 15.1 Å². The topological polar surface area (TPSA) is 160 Å². The molecule has 1 aliphatic carbocycles. The van der Waals surface area contributed by atoms with E-state index in [0.717, 1.165) is 6.07 Å². The molecule has 4 N–H and O–H groups in total. The number of anilines is 1. The molecular formula is C30H40FN5O7. The summed E-state index contributed by atoms with van der Waals surface area (Å²) >= 11 is 0. The van der Waals surface area contributed by atoms with E-state index in [1.807, 2.05) is 27.7 Å². The molecule has 1 saturated carbocycles. The highest BCUT2D eigenvalue weighted by Crippen LogP contribution is 2.65. The minimum absolute atomic E-state index is 0.0712. The van der Waals surface area contributed by atoms with Gasteiger partial charge in [0.1, 0.15) is 29.7 Å². The first-order valence-electron chi connectivity index (χ1n) is 14.7. The number of carbonyl (C=O) groups is 5. The van der Waals surface area contributed by atoms with Crippen LogP contribution in [0.15, 0.2) is 18.2 Å². The lowest BCUT2D eigenvalue weighted by Gasteiger charge is -2.38. The van der Waals surface area contributed by atoms with E-state index < -0.39 is 47.8 Å². The first kappa shape index (κ1) is 30.7. The molecule has 1 aromatic carbocycles. The molecule has 0 aromatic heterocycles. The molecule has 1 aromatic rings. The third-order valence-electron chi connectivity index (χ3n) is 9.62. The van der Waals surface area contributed by atoms with E-state index in [1.54, 1.807) is 0 Å². The van der Waals surface area contributed by atoms with Crippen molar-refractivity contribution >= 4 is 35.2 Å². The normalized spacial score (nSPS) is 28.2. The zero-order chi connectivity index (χ0) is 31.4. The van der Waals surface area contributed by atoms with Gasteiger partial charge in [-0.15, -0.1) is 0 Å². The number of likely N-dealkylation sites (tertiary alicyclic amines) is 1. The lowest BCUT2D eigenvalue weighted by molar-refractivity contribution is -0.151. The Balaban J connectivity index is 1.34. The predicted octanol–water partition coefficient (Wildman–Crippen LogP) is 0.888. The second-order valence-corrected chi connectivity index (χ2v) is 13.0. The summed E-state index contributed by atoms with van der Waals surface area (Å²) in [4.78, 5) is 69.2. The largest absolute Gasteiger partial charge is 0.478 e. The van der Waals surface area contributed by atoms with Crippen LogP contribution in [0.25, 0.3) is 0 Å². The fraction of sp³-hybridized carbons (Fsp3) is 0.633. The highest BCUT2D eigenvalue weighted by Gasteiger charge is 2.70. The summed E-state index contributed by atoms with van der Waals surface area (Å²) in [6, 6.07) is 0.724. The maximum Gasteiger partial charge on any atom is 0.265 e. The molecule has 3 heterocycles. The maximum absolute atomic E-state index is 14.2. The second-order valence-electron chi connectivity index (χ2n) is 13.0. The summed E-state index contributed by atoms with van der Waals surface area (Å²) < 4.78 is 24.7. The molecule has 7 atom stereocenters. The number of hydrogen-bond donors (Lipinski definition) is 3. The number of nitrogens with zero attached hydrogens (tertiary/aromatic N) is 2. The number of likely N-dealkylation sites (N-methyl/N-ethyl adjacent to an activating group) is 1. The molecule has 13 heteroatoms. The number of amides is 5. The number of hydrogen-bond acceptors (Lipinski definition) is 7. The number of carbonyl (C=O) groups excluding carboxylic acids is 5. The molecule has 3 fully saturated rings. The van der Waals surface area contributed by atoms with Gasteiger partial charge in [-0.2, -0.15) is 0 Å². The van der Waals surface area contributed by atoms with Gasteiger partial charge < -0.3 is 35.6 Å². The van der Waals surface area contributed by atoms with Gasteiger partial charge in [-0.1, -0.05) is 27.7 Å². The van der Waals surface area contributed by atoms with E-state index in [4.69, 9.17) is 15.2 Å². The number of piperidine rings is 1. The molecule has 4 aliphatic rings. The minimum atomic E-state index is -1.23. The Labute approximate surface area is 249 Å². The number of fused-ring (bicyclic) bond motifs is 2. The van der Waals surface area contributed by atoms with Gasteiger partial charge >= 0.3 is 0 Å². The third kappa shape index (κ3) is 5.66. The standard InChI is InChI=1S/C30H40FN5O7/c1-14(2)23(34-26(38)15-8-9-42-13-15)28(40)36-12-17-22(30(17,3)4)24(36)29(41)35(5)19(25(32)37)11-21-27(39)33-18-10-16(31)6-7-20(18)43-21/h6-7,10,14-15,17,19,21-24H,8-9,11-13H2,1-5H3,(H2,32,37)(H,33,39)(H,34,38)/t15-,17?,19?,21-,22?,23?,24?/m0/s1. The molecule has 0 bridgehead atoms. The van der Waals surface area contributed by atoms with Crippen LogP contribution in [0.4, 0.5) is 10.1 Å². The van der Waals surface area contributed by atoms with Crippen LogP contribution in [0.2, 0.25) is 0 Å². The minimum Gasteiger partial charge on any atom is -0.478 e. The lowest BCUT2D eigenvalue weighted by atomic mass is 9.96. The average molecular weight is 602 g/mol. The zero-order valence-corrected chi connectivity index (χ0v) is 25.1. The van der Waals surface area contributed by atoms with Crippen LogP contribution in [0.5, 0.6) is 5.75 Å². The average Bonchev–Trinajstić information content (AvgIpc) is 3.40. The maximum atomic E-state index is 14.2. The van der Waals surface area contributed by atoms with Crippen LogP contribution >= 0.6 is 0 Å². The van der Waals surface area contributed by atoms with Gasteiger partial charge in [0, 0.05) is 32.7 Å². The van der Waals surface area contributed by atoms with Crippen LogP contribution < -0.4 is 21.1 Å². The summed E-state index contributed by atoms with van der Waals surface area (Å²) in [6.45, 7) is 8.89. The molecule has 0 spiro atoms. The van der Waals surface area contributed by atoms with Gasteiger partial charge in [0.15, 0.2) is 6.10 Å². The predicted molar refractivity (Wildman–Crippen MR) is 152 cm³/mol. The van der Waals surface area contributed by atoms with E-state index >= 15 is 0 Å². The zero-order valence-electron chi connectivity index (χ0n) is 25.1. The second kappa shape index (κ2) is 11.4. The van der Waals surface area contributed by atoms with Gasteiger partial charge in [0.2, 0.25) is 23.6 Å². The van der Waals surface area contributed by atoms with Crippen molar-refractivity contribution < 1.29 is 37.8 Å². The molecule has 3 aliphatic heterocycles. The molecule has 0 radical (unpaired) electrons. The quantitative estimate of drug-likeness (QED) is 0.379. The van der Waals surface area contributed by atoms with E-state index in [-0.39, 0.29) is 58.8 Å². The van der Waals surface area contributed by atoms with Gasteiger partial charge in [0.05, 0.1) is 18.2 Å². The number of nitrogens with one attached hydrogen (secondary N) is 2. The Morgan fingerprint density at radius 3 is 2.60 bits per heavy atom. The van der Waals surface area contributed by atoms with Crippen LogP contribution in [-0.4, -0.2) is 90.4 Å². The SMILES string of the molecule is CC(C)C(NC(=O)[C@H]1CCOC1)C(=O)N1CC2C(C1C(=O)N(C)C(C[C@@H]1Oc3ccc(F)cc3NC1=O)C(N)=O)C2(C)C. The van der Waals surface area contributed by atoms with E-state index in [9.17, 15) is 28.4 Å². The highest BCUT2D eigenvalue weighted by molar-refractivity contribution is 5.99. The van der Waals surface area contributed by atoms with Crippen molar-refractivity contribution in [2.45, 2.75) is 64.8 Å². The van der Waals surface area contributed by atoms with Crippen molar-refractivity contribution in [1.29, 1.82) is 0 Å². The van der Waals surface area contributed by atoms with Crippen molar-refractivity contribution in [3.63, 3.8) is 0 Å². The fourth-order valence-corrected chi connectivity index (χ4v) is 6.81. The van der Waals surface area contributed by atoms with E-state index in [1.165, 1.54) is 29.0 Å².